The van der Waals surface area contributed by atoms with Crippen LogP contribution in [0.15, 0.2) is 0 Å². The molecule has 0 radical (unpaired) electrons. The average Bonchev–Trinajstić information content (AvgIpc) is 1.96. The Morgan fingerprint density at radius 3 is 2.42 bits per heavy atom. The van der Waals surface area contributed by atoms with Gasteiger partial charge in [-0.3, -0.25) is 0 Å². The quantitative estimate of drug-likeness (QED) is 0.693. The molecule has 0 unspecified atom stereocenters. The van der Waals surface area contributed by atoms with Crippen molar-refractivity contribution in [3.63, 3.8) is 0 Å². The van der Waals surface area contributed by atoms with Gasteiger partial charge in [0, 0.05) is 13.1 Å². The molecule has 0 aliphatic carbocycles. The fourth-order valence-corrected chi connectivity index (χ4v) is 1.05. The Hall–Kier alpha value is -0.730. The lowest BCUT2D eigenvalue weighted by Crippen LogP contribution is -2.33. The fourth-order valence-electron chi connectivity index (χ4n) is 1.05. The van der Waals surface area contributed by atoms with E-state index in [0.29, 0.717) is 19.0 Å². The zero-order valence-electron chi connectivity index (χ0n) is 8.21. The van der Waals surface area contributed by atoms with Crippen LogP contribution in [0.3, 0.4) is 0 Å². The Balaban J connectivity index is 3.78. The van der Waals surface area contributed by atoms with Crippen molar-refractivity contribution >= 4 is 6.09 Å². The molecule has 0 aromatic rings. The van der Waals surface area contributed by atoms with Gasteiger partial charge in [-0.25, -0.2) is 4.79 Å². The van der Waals surface area contributed by atoms with Crippen LogP contribution in [0.5, 0.6) is 0 Å². The number of carbonyl (C=O) groups is 1. The molecule has 72 valence electrons. The lowest BCUT2D eigenvalue weighted by Gasteiger charge is -2.20. The molecule has 0 rings (SSSR count). The predicted octanol–water partition coefficient (Wildman–Crippen LogP) is 2.42. The molecule has 0 fully saturated rings. The van der Waals surface area contributed by atoms with Crippen molar-refractivity contribution in [1.29, 1.82) is 0 Å². The first-order chi connectivity index (χ1) is 5.57. The van der Waals surface area contributed by atoms with Gasteiger partial charge in [0.2, 0.25) is 0 Å². The van der Waals surface area contributed by atoms with Crippen LogP contribution < -0.4 is 0 Å². The maximum atomic E-state index is 10.7. The summed E-state index contributed by atoms with van der Waals surface area (Å²) in [6, 6.07) is 0. The minimum absolute atomic E-state index is 0.415. The normalized spacial score (nSPS) is 10.3. The second-order valence-corrected chi connectivity index (χ2v) is 3.48. The maximum absolute atomic E-state index is 10.7. The molecule has 0 saturated carbocycles. The van der Waals surface area contributed by atoms with E-state index < -0.39 is 6.09 Å². The largest absolute Gasteiger partial charge is 0.465 e. The highest BCUT2D eigenvalue weighted by Crippen LogP contribution is 2.01. The highest BCUT2D eigenvalue weighted by Gasteiger charge is 2.11. The molecule has 1 amide bonds. The zero-order valence-corrected chi connectivity index (χ0v) is 8.21. The standard InChI is InChI=1S/C9H19NO2/c1-4-5-6-10(9(11)12)7-8(2)3/h8H,4-7H2,1-3H3,(H,11,12). The number of nitrogens with zero attached hydrogens (tertiary/aromatic N) is 1. The molecule has 0 spiro atoms. The molecule has 0 atom stereocenters. The van der Waals surface area contributed by atoms with Crippen LogP contribution in [0.2, 0.25) is 0 Å². The number of hydrogen-bond donors (Lipinski definition) is 1. The summed E-state index contributed by atoms with van der Waals surface area (Å²) in [5.74, 6) is 0.415. The van der Waals surface area contributed by atoms with Crippen LogP contribution in [0.25, 0.3) is 0 Å². The third-order valence-electron chi connectivity index (χ3n) is 1.64. The molecule has 0 heterocycles. The van der Waals surface area contributed by atoms with E-state index in [9.17, 15) is 4.79 Å². The Morgan fingerprint density at radius 2 is 2.08 bits per heavy atom. The SMILES string of the molecule is CCCCN(CC(C)C)C(=O)O. The third-order valence-corrected chi connectivity index (χ3v) is 1.64. The molecular weight excluding hydrogens is 154 g/mol. The van der Waals surface area contributed by atoms with Crippen molar-refractivity contribution in [3.05, 3.63) is 0 Å². The Labute approximate surface area is 74.4 Å². The highest BCUT2D eigenvalue weighted by atomic mass is 16.4. The van der Waals surface area contributed by atoms with Crippen LogP contribution in [0.1, 0.15) is 33.6 Å². The molecule has 0 aromatic heterocycles. The number of amides is 1. The first kappa shape index (κ1) is 11.3. The van der Waals surface area contributed by atoms with Crippen molar-refractivity contribution in [3.8, 4) is 0 Å². The molecule has 12 heavy (non-hydrogen) atoms. The summed E-state index contributed by atoms with van der Waals surface area (Å²) < 4.78 is 0. The van der Waals surface area contributed by atoms with E-state index in [0.717, 1.165) is 12.8 Å². The van der Waals surface area contributed by atoms with Gasteiger partial charge >= 0.3 is 6.09 Å². The summed E-state index contributed by atoms with van der Waals surface area (Å²) in [7, 11) is 0. The van der Waals surface area contributed by atoms with Gasteiger partial charge < -0.3 is 10.0 Å². The molecule has 0 aliphatic heterocycles. The Kier molecular flexibility index (Phi) is 5.51. The van der Waals surface area contributed by atoms with Crippen LogP contribution >= 0.6 is 0 Å². The van der Waals surface area contributed by atoms with Gasteiger partial charge in [-0.2, -0.15) is 0 Å². The van der Waals surface area contributed by atoms with Gasteiger partial charge in [0.15, 0.2) is 0 Å². The Bertz CT molecular complexity index is 134. The minimum Gasteiger partial charge on any atom is -0.465 e. The van der Waals surface area contributed by atoms with E-state index in [1.807, 2.05) is 13.8 Å². The summed E-state index contributed by atoms with van der Waals surface area (Å²) in [4.78, 5) is 12.2. The Morgan fingerprint density at radius 1 is 1.50 bits per heavy atom. The van der Waals surface area contributed by atoms with E-state index in [1.54, 1.807) is 0 Å². The first-order valence-corrected chi connectivity index (χ1v) is 4.55. The van der Waals surface area contributed by atoms with Crippen molar-refractivity contribution in [2.75, 3.05) is 13.1 Å². The van der Waals surface area contributed by atoms with E-state index in [2.05, 4.69) is 6.92 Å². The van der Waals surface area contributed by atoms with E-state index in [1.165, 1.54) is 4.90 Å². The number of unbranched alkanes of at least 4 members (excludes halogenated alkanes) is 1. The summed E-state index contributed by atoms with van der Waals surface area (Å²) >= 11 is 0. The van der Waals surface area contributed by atoms with Crippen LogP contribution in [0.4, 0.5) is 4.79 Å². The summed E-state index contributed by atoms with van der Waals surface area (Å²) in [6.07, 6.45) is 1.21. The van der Waals surface area contributed by atoms with Crippen molar-refractivity contribution < 1.29 is 9.90 Å². The number of hydrogen-bond acceptors (Lipinski definition) is 1. The lowest BCUT2D eigenvalue weighted by atomic mass is 10.2. The van der Waals surface area contributed by atoms with E-state index in [-0.39, 0.29) is 0 Å². The third kappa shape index (κ3) is 4.99. The fraction of sp³-hybridized carbons (Fsp3) is 0.889. The van der Waals surface area contributed by atoms with Gasteiger partial charge in [0.25, 0.3) is 0 Å². The molecule has 0 aromatic carbocycles. The number of carboxylic acid groups (broad SMARTS) is 1. The van der Waals surface area contributed by atoms with Gasteiger partial charge in [-0.15, -0.1) is 0 Å². The zero-order chi connectivity index (χ0) is 9.56. The van der Waals surface area contributed by atoms with Gasteiger partial charge in [-0.1, -0.05) is 27.2 Å². The second-order valence-electron chi connectivity index (χ2n) is 3.48. The summed E-state index contributed by atoms with van der Waals surface area (Å²) in [5.41, 5.74) is 0. The smallest absolute Gasteiger partial charge is 0.407 e. The minimum atomic E-state index is -0.794. The first-order valence-electron chi connectivity index (χ1n) is 4.55. The molecule has 0 aliphatic rings. The van der Waals surface area contributed by atoms with Crippen LogP contribution in [-0.2, 0) is 0 Å². The van der Waals surface area contributed by atoms with Crippen LogP contribution in [-0.4, -0.2) is 29.2 Å². The molecule has 3 heteroatoms. The molecule has 0 saturated heterocycles. The number of rotatable bonds is 5. The second kappa shape index (κ2) is 5.86. The van der Waals surface area contributed by atoms with Crippen molar-refractivity contribution in [2.45, 2.75) is 33.6 Å². The van der Waals surface area contributed by atoms with Crippen molar-refractivity contribution in [2.24, 2.45) is 5.92 Å². The van der Waals surface area contributed by atoms with Crippen LogP contribution in [0, 0.1) is 5.92 Å². The summed E-state index contributed by atoms with van der Waals surface area (Å²) in [5, 5.41) is 8.77. The highest BCUT2D eigenvalue weighted by molar-refractivity contribution is 5.64. The molecule has 3 nitrogen and oxygen atoms in total. The molecule has 0 bridgehead atoms. The van der Waals surface area contributed by atoms with Gasteiger partial charge in [0.1, 0.15) is 0 Å². The predicted molar refractivity (Wildman–Crippen MR) is 49.3 cm³/mol. The summed E-state index contributed by atoms with van der Waals surface area (Å²) in [6.45, 7) is 7.44. The topological polar surface area (TPSA) is 40.5 Å². The van der Waals surface area contributed by atoms with Crippen molar-refractivity contribution in [1.82, 2.24) is 4.90 Å². The van der Waals surface area contributed by atoms with Gasteiger partial charge in [-0.05, 0) is 12.3 Å². The monoisotopic (exact) mass is 173 g/mol. The van der Waals surface area contributed by atoms with E-state index in [4.69, 9.17) is 5.11 Å². The van der Waals surface area contributed by atoms with Gasteiger partial charge in [0.05, 0.1) is 0 Å². The molecule has 1 N–H and O–H groups in total. The lowest BCUT2D eigenvalue weighted by molar-refractivity contribution is 0.138. The molecular formula is C9H19NO2. The maximum Gasteiger partial charge on any atom is 0.407 e. The average molecular weight is 173 g/mol. The van der Waals surface area contributed by atoms with E-state index >= 15 is 0 Å².